The molecule has 9 heteroatoms. The molecule has 1 atom stereocenters. The number of nitrogens with zero attached hydrogens (tertiary/aromatic N) is 3. The summed E-state index contributed by atoms with van der Waals surface area (Å²) in [5.74, 6) is -0.361. The van der Waals surface area contributed by atoms with Gasteiger partial charge in [0.25, 0.3) is 0 Å². The molecule has 0 radical (unpaired) electrons. The van der Waals surface area contributed by atoms with Crippen LogP contribution < -0.4 is 5.32 Å². The van der Waals surface area contributed by atoms with E-state index in [2.05, 4.69) is 10.2 Å². The predicted octanol–water partition coefficient (Wildman–Crippen LogP) is 1.03. The van der Waals surface area contributed by atoms with Crippen LogP contribution >= 0.6 is 0 Å². The Labute approximate surface area is 177 Å². The average molecular weight is 435 g/mol. The Kier molecular flexibility index (Phi) is 6.43. The summed E-state index contributed by atoms with van der Waals surface area (Å²) in [4.78, 5) is 15.2. The molecule has 1 unspecified atom stereocenters. The molecular weight excluding hydrogens is 404 g/mol. The molecule has 8 nitrogen and oxygen atoms in total. The number of sulfonamides is 1. The van der Waals surface area contributed by atoms with E-state index in [1.165, 1.54) is 4.31 Å². The topological polar surface area (TPSA) is 83.9 Å². The molecule has 0 aliphatic carbocycles. The van der Waals surface area contributed by atoms with Gasteiger partial charge >= 0.3 is 0 Å². The molecule has 2 fully saturated rings. The fourth-order valence-corrected chi connectivity index (χ4v) is 5.81. The molecule has 1 amide bonds. The molecule has 4 rings (SSSR count). The lowest BCUT2D eigenvalue weighted by atomic mass is 9.99. The van der Waals surface area contributed by atoms with Gasteiger partial charge in [0.2, 0.25) is 15.9 Å². The maximum atomic E-state index is 13.2. The van der Waals surface area contributed by atoms with E-state index >= 15 is 0 Å². The number of carbonyl (C=O) groups is 1. The van der Waals surface area contributed by atoms with Crippen LogP contribution in [0, 0.1) is 5.92 Å². The van der Waals surface area contributed by atoms with Crippen LogP contribution in [0.5, 0.6) is 0 Å². The number of nitrogens with one attached hydrogen (secondary N) is 1. The van der Waals surface area contributed by atoms with Crippen LogP contribution in [-0.4, -0.2) is 80.6 Å². The molecule has 1 N–H and O–H groups in total. The molecule has 164 valence electrons. The van der Waals surface area contributed by atoms with Crippen molar-refractivity contribution in [1.82, 2.24) is 19.1 Å². The SMILES string of the molecule is Cn1ccc2cc(S(=O)(=O)N3CCCC(C(=O)NCCN4CCOCC4)C3)ccc21. The third kappa shape index (κ3) is 4.54. The molecule has 0 saturated carbocycles. The van der Waals surface area contributed by atoms with Crippen molar-refractivity contribution < 1.29 is 17.9 Å². The summed E-state index contributed by atoms with van der Waals surface area (Å²) in [6.45, 7) is 5.30. The highest BCUT2D eigenvalue weighted by molar-refractivity contribution is 7.89. The minimum Gasteiger partial charge on any atom is -0.379 e. The summed E-state index contributed by atoms with van der Waals surface area (Å²) in [7, 11) is -1.69. The summed E-state index contributed by atoms with van der Waals surface area (Å²) in [6, 6.07) is 7.12. The Bertz CT molecular complexity index is 998. The van der Waals surface area contributed by atoms with Gasteiger partial charge < -0.3 is 14.6 Å². The minimum absolute atomic E-state index is 0.0540. The third-order valence-electron chi connectivity index (χ3n) is 6.08. The van der Waals surface area contributed by atoms with E-state index in [1.807, 2.05) is 29.9 Å². The Hall–Kier alpha value is -1.94. The number of aromatic nitrogens is 1. The second-order valence-corrected chi connectivity index (χ2v) is 10.0. The number of hydrogen-bond acceptors (Lipinski definition) is 5. The van der Waals surface area contributed by atoms with Crippen LogP contribution in [0.25, 0.3) is 10.9 Å². The number of ether oxygens (including phenoxy) is 1. The molecule has 1 aromatic carbocycles. The highest BCUT2D eigenvalue weighted by atomic mass is 32.2. The number of piperidine rings is 1. The van der Waals surface area contributed by atoms with Crippen molar-refractivity contribution >= 4 is 26.8 Å². The zero-order chi connectivity index (χ0) is 21.1. The predicted molar refractivity (Wildman–Crippen MR) is 115 cm³/mol. The molecule has 2 aliphatic heterocycles. The van der Waals surface area contributed by atoms with Gasteiger partial charge in [0.05, 0.1) is 24.0 Å². The number of aryl methyl sites for hydroxylation is 1. The van der Waals surface area contributed by atoms with Crippen LogP contribution in [0.2, 0.25) is 0 Å². The second-order valence-electron chi connectivity index (χ2n) is 8.09. The van der Waals surface area contributed by atoms with Gasteiger partial charge in [0.1, 0.15) is 0 Å². The van der Waals surface area contributed by atoms with E-state index in [0.717, 1.165) is 43.8 Å². The first-order chi connectivity index (χ1) is 14.4. The second kappa shape index (κ2) is 9.05. The number of fused-ring (bicyclic) bond motifs is 1. The third-order valence-corrected chi connectivity index (χ3v) is 7.94. The Balaban J connectivity index is 1.37. The molecule has 1 aromatic heterocycles. The molecule has 2 saturated heterocycles. The lowest BCUT2D eigenvalue weighted by Gasteiger charge is -2.31. The summed E-state index contributed by atoms with van der Waals surface area (Å²) in [5.41, 5.74) is 0.991. The molecular formula is C21H30N4O4S. The number of morpholine rings is 1. The lowest BCUT2D eigenvalue weighted by Crippen LogP contribution is -2.47. The normalized spacial score (nSPS) is 21.7. The average Bonchev–Trinajstić information content (AvgIpc) is 3.15. The van der Waals surface area contributed by atoms with Gasteiger partial charge in [-0.25, -0.2) is 8.42 Å². The largest absolute Gasteiger partial charge is 0.379 e. The van der Waals surface area contributed by atoms with Crippen molar-refractivity contribution in [2.24, 2.45) is 13.0 Å². The van der Waals surface area contributed by atoms with E-state index < -0.39 is 10.0 Å². The van der Waals surface area contributed by atoms with Crippen molar-refractivity contribution in [3.8, 4) is 0 Å². The van der Waals surface area contributed by atoms with Crippen molar-refractivity contribution in [2.75, 3.05) is 52.5 Å². The first kappa shape index (κ1) is 21.3. The fourth-order valence-electron chi connectivity index (χ4n) is 4.25. The van der Waals surface area contributed by atoms with Crippen molar-refractivity contribution in [3.05, 3.63) is 30.5 Å². The van der Waals surface area contributed by atoms with Crippen LogP contribution in [-0.2, 0) is 26.6 Å². The van der Waals surface area contributed by atoms with Gasteiger partial charge in [-0.1, -0.05) is 0 Å². The summed E-state index contributed by atoms with van der Waals surface area (Å²) < 4.78 is 35.2. The van der Waals surface area contributed by atoms with Gasteiger partial charge in [-0.15, -0.1) is 0 Å². The van der Waals surface area contributed by atoms with E-state index in [4.69, 9.17) is 4.74 Å². The zero-order valence-corrected chi connectivity index (χ0v) is 18.2. The van der Waals surface area contributed by atoms with Crippen molar-refractivity contribution in [3.63, 3.8) is 0 Å². The molecule has 0 bridgehead atoms. The first-order valence-electron chi connectivity index (χ1n) is 10.6. The van der Waals surface area contributed by atoms with Gasteiger partial charge in [0, 0.05) is 63.4 Å². The number of hydrogen-bond donors (Lipinski definition) is 1. The van der Waals surface area contributed by atoms with Crippen LogP contribution in [0.4, 0.5) is 0 Å². The fraction of sp³-hybridized carbons (Fsp3) is 0.571. The number of amides is 1. The maximum Gasteiger partial charge on any atom is 0.243 e. The van der Waals surface area contributed by atoms with Gasteiger partial charge in [-0.2, -0.15) is 4.31 Å². The van der Waals surface area contributed by atoms with Crippen molar-refractivity contribution in [1.29, 1.82) is 0 Å². The van der Waals surface area contributed by atoms with E-state index in [1.54, 1.807) is 12.1 Å². The highest BCUT2D eigenvalue weighted by Crippen LogP contribution is 2.26. The Morgan fingerprint density at radius 1 is 1.20 bits per heavy atom. The smallest absolute Gasteiger partial charge is 0.243 e. The first-order valence-corrected chi connectivity index (χ1v) is 12.0. The van der Waals surface area contributed by atoms with E-state index in [9.17, 15) is 13.2 Å². The molecule has 0 spiro atoms. The number of rotatable bonds is 6. The highest BCUT2D eigenvalue weighted by Gasteiger charge is 2.33. The van der Waals surface area contributed by atoms with Gasteiger partial charge in [-0.05, 0) is 37.1 Å². The maximum absolute atomic E-state index is 13.2. The standard InChI is InChI=1S/C21H30N4O4S/c1-23-9-6-17-15-19(4-5-20(17)23)30(27,28)25-8-2-3-18(16-25)21(26)22-7-10-24-11-13-29-14-12-24/h4-6,9,15,18H,2-3,7-8,10-14,16H2,1H3,(H,22,26). The van der Waals surface area contributed by atoms with Crippen LogP contribution in [0.15, 0.2) is 35.4 Å². The quantitative estimate of drug-likeness (QED) is 0.734. The minimum atomic E-state index is -3.63. The van der Waals surface area contributed by atoms with Gasteiger partial charge in [0.15, 0.2) is 0 Å². The lowest BCUT2D eigenvalue weighted by molar-refractivity contribution is -0.126. The summed E-state index contributed by atoms with van der Waals surface area (Å²) in [5, 5.41) is 3.89. The summed E-state index contributed by atoms with van der Waals surface area (Å²) in [6.07, 6.45) is 3.32. The summed E-state index contributed by atoms with van der Waals surface area (Å²) >= 11 is 0. The molecule has 2 aliphatic rings. The Morgan fingerprint density at radius 2 is 2.00 bits per heavy atom. The molecule has 2 aromatic rings. The van der Waals surface area contributed by atoms with Crippen molar-refractivity contribution in [2.45, 2.75) is 17.7 Å². The molecule has 30 heavy (non-hydrogen) atoms. The van der Waals surface area contributed by atoms with Crippen LogP contribution in [0.3, 0.4) is 0 Å². The number of benzene rings is 1. The Morgan fingerprint density at radius 3 is 2.80 bits per heavy atom. The van der Waals surface area contributed by atoms with E-state index in [0.29, 0.717) is 25.9 Å². The van der Waals surface area contributed by atoms with Crippen LogP contribution in [0.1, 0.15) is 12.8 Å². The van der Waals surface area contributed by atoms with Gasteiger partial charge in [-0.3, -0.25) is 9.69 Å². The number of carbonyl (C=O) groups excluding carboxylic acids is 1. The monoisotopic (exact) mass is 434 g/mol. The molecule has 3 heterocycles. The zero-order valence-electron chi connectivity index (χ0n) is 17.4. The van der Waals surface area contributed by atoms with E-state index in [-0.39, 0.29) is 23.3 Å².